The van der Waals surface area contributed by atoms with Crippen molar-refractivity contribution >= 4 is 0 Å². The molecule has 1 aliphatic heterocycles. The molecule has 0 unspecified atom stereocenters. The molecule has 0 aromatic carbocycles. The van der Waals surface area contributed by atoms with Crippen LogP contribution in [0.15, 0.2) is 0 Å². The minimum absolute atomic E-state index is 0.109. The molecule has 0 atom stereocenters. The monoisotopic (exact) mass is 226 g/mol. The summed E-state index contributed by atoms with van der Waals surface area (Å²) in [5.74, 6) is 0. The molecule has 0 aromatic rings. The summed E-state index contributed by atoms with van der Waals surface area (Å²) in [6.07, 6.45) is 9.30. The molecule has 0 radical (unpaired) electrons. The van der Waals surface area contributed by atoms with Crippen LogP contribution in [0.1, 0.15) is 44.9 Å². The van der Waals surface area contributed by atoms with Crippen LogP contribution in [0.2, 0.25) is 0 Å². The first-order chi connectivity index (χ1) is 7.72. The first kappa shape index (κ1) is 12.3. The Kier molecular flexibility index (Phi) is 4.22. The van der Waals surface area contributed by atoms with Crippen molar-refractivity contribution < 1.29 is 4.74 Å². The molecular formula is C13H26N2O. The quantitative estimate of drug-likeness (QED) is 0.797. The van der Waals surface area contributed by atoms with Gasteiger partial charge < -0.3 is 15.4 Å². The van der Waals surface area contributed by atoms with Gasteiger partial charge in [0.1, 0.15) is 0 Å². The van der Waals surface area contributed by atoms with Crippen molar-refractivity contribution in [1.29, 1.82) is 0 Å². The third-order valence-electron chi connectivity index (χ3n) is 4.26. The summed E-state index contributed by atoms with van der Waals surface area (Å²) in [5, 5.41) is 0. The van der Waals surface area contributed by atoms with Crippen LogP contribution in [-0.4, -0.2) is 43.3 Å². The average molecular weight is 226 g/mol. The summed E-state index contributed by atoms with van der Waals surface area (Å²) < 4.78 is 5.40. The third-order valence-corrected chi connectivity index (χ3v) is 4.26. The molecule has 1 heterocycles. The topological polar surface area (TPSA) is 38.5 Å². The molecule has 0 bridgehead atoms. The zero-order valence-corrected chi connectivity index (χ0v) is 10.6. The van der Waals surface area contributed by atoms with Crippen LogP contribution < -0.4 is 5.73 Å². The molecule has 3 nitrogen and oxygen atoms in total. The minimum atomic E-state index is 0.109. The number of hydrogen-bond donors (Lipinski definition) is 1. The summed E-state index contributed by atoms with van der Waals surface area (Å²) >= 11 is 0. The van der Waals surface area contributed by atoms with Crippen molar-refractivity contribution in [1.82, 2.24) is 4.90 Å². The summed E-state index contributed by atoms with van der Waals surface area (Å²) in [6, 6.07) is 0. The van der Waals surface area contributed by atoms with Crippen LogP contribution in [0, 0.1) is 0 Å². The van der Waals surface area contributed by atoms with E-state index in [-0.39, 0.29) is 5.54 Å². The van der Waals surface area contributed by atoms with E-state index in [1.165, 1.54) is 44.9 Å². The second kappa shape index (κ2) is 5.48. The van der Waals surface area contributed by atoms with Crippen molar-refractivity contribution in [3.05, 3.63) is 0 Å². The lowest BCUT2D eigenvalue weighted by atomic mass is 9.82. The van der Waals surface area contributed by atoms with Crippen molar-refractivity contribution in [2.75, 3.05) is 26.7 Å². The van der Waals surface area contributed by atoms with Gasteiger partial charge in [-0.1, -0.05) is 19.3 Å². The fourth-order valence-electron chi connectivity index (χ4n) is 3.16. The third kappa shape index (κ3) is 3.19. The number of nitrogens with two attached hydrogens (primary N) is 1. The van der Waals surface area contributed by atoms with Gasteiger partial charge in [-0.3, -0.25) is 0 Å². The number of hydrogen-bond acceptors (Lipinski definition) is 3. The van der Waals surface area contributed by atoms with Gasteiger partial charge in [0.15, 0.2) is 0 Å². The molecule has 0 spiro atoms. The smallest absolute Gasteiger partial charge is 0.0595 e. The first-order valence-corrected chi connectivity index (χ1v) is 6.76. The predicted molar refractivity (Wildman–Crippen MR) is 66.5 cm³/mol. The van der Waals surface area contributed by atoms with E-state index in [9.17, 15) is 0 Å². The summed E-state index contributed by atoms with van der Waals surface area (Å²) in [4.78, 5) is 2.54. The zero-order chi connectivity index (χ0) is 11.4. The van der Waals surface area contributed by atoms with E-state index < -0.39 is 0 Å². The Morgan fingerprint density at radius 1 is 1.19 bits per heavy atom. The fourth-order valence-corrected chi connectivity index (χ4v) is 3.16. The molecule has 2 fully saturated rings. The van der Waals surface area contributed by atoms with Gasteiger partial charge in [-0.2, -0.15) is 0 Å². The van der Waals surface area contributed by atoms with Gasteiger partial charge in [0.2, 0.25) is 0 Å². The van der Waals surface area contributed by atoms with E-state index >= 15 is 0 Å². The van der Waals surface area contributed by atoms with Gasteiger partial charge in [-0.15, -0.1) is 0 Å². The largest absolute Gasteiger partial charge is 0.381 e. The molecule has 1 saturated carbocycles. The number of rotatable bonds is 3. The SMILES string of the molecule is COC1CCN(CC2(N)CCCCC2)CC1. The van der Waals surface area contributed by atoms with E-state index in [1.54, 1.807) is 0 Å². The van der Waals surface area contributed by atoms with E-state index in [2.05, 4.69) is 4.90 Å². The number of methoxy groups -OCH3 is 1. The molecule has 3 heteroatoms. The maximum Gasteiger partial charge on any atom is 0.0595 e. The van der Waals surface area contributed by atoms with E-state index in [4.69, 9.17) is 10.5 Å². The normalized spacial score (nSPS) is 28.1. The molecule has 2 rings (SSSR count). The van der Waals surface area contributed by atoms with Crippen LogP contribution in [0.5, 0.6) is 0 Å². The van der Waals surface area contributed by atoms with Crippen LogP contribution in [0.3, 0.4) is 0 Å². The molecular weight excluding hydrogens is 200 g/mol. The lowest BCUT2D eigenvalue weighted by molar-refractivity contribution is 0.0316. The van der Waals surface area contributed by atoms with Crippen molar-refractivity contribution in [3.63, 3.8) is 0 Å². The Bertz CT molecular complexity index is 206. The molecule has 0 amide bonds. The highest BCUT2D eigenvalue weighted by atomic mass is 16.5. The summed E-state index contributed by atoms with van der Waals surface area (Å²) in [7, 11) is 1.83. The van der Waals surface area contributed by atoms with Crippen LogP contribution in [0.25, 0.3) is 0 Å². The van der Waals surface area contributed by atoms with E-state index in [0.29, 0.717) is 6.10 Å². The van der Waals surface area contributed by atoms with E-state index in [0.717, 1.165) is 19.6 Å². The highest BCUT2D eigenvalue weighted by molar-refractivity contribution is 4.91. The molecule has 0 aromatic heterocycles. The summed E-state index contributed by atoms with van der Waals surface area (Å²) in [6.45, 7) is 3.43. The highest BCUT2D eigenvalue weighted by Crippen LogP contribution is 2.27. The van der Waals surface area contributed by atoms with Crippen LogP contribution >= 0.6 is 0 Å². The lowest BCUT2D eigenvalue weighted by Crippen LogP contribution is -2.53. The Labute approximate surface area is 99.3 Å². The van der Waals surface area contributed by atoms with Gasteiger partial charge in [-0.05, 0) is 25.7 Å². The average Bonchev–Trinajstić information content (AvgIpc) is 2.30. The summed E-state index contributed by atoms with van der Waals surface area (Å²) in [5.41, 5.74) is 6.59. The van der Waals surface area contributed by atoms with Crippen LogP contribution in [-0.2, 0) is 4.74 Å². The number of nitrogens with zero attached hydrogens (tertiary/aromatic N) is 1. The van der Waals surface area contributed by atoms with Gasteiger partial charge in [0, 0.05) is 32.3 Å². The second-order valence-electron chi connectivity index (χ2n) is 5.63. The van der Waals surface area contributed by atoms with Crippen molar-refractivity contribution in [2.45, 2.75) is 56.6 Å². The molecule has 2 aliphatic rings. The lowest BCUT2D eigenvalue weighted by Gasteiger charge is -2.40. The predicted octanol–water partition coefficient (Wildman–Crippen LogP) is 1.76. The molecule has 2 N–H and O–H groups in total. The number of piperidine rings is 1. The Morgan fingerprint density at radius 2 is 1.81 bits per heavy atom. The number of ether oxygens (including phenoxy) is 1. The van der Waals surface area contributed by atoms with Crippen molar-refractivity contribution in [3.8, 4) is 0 Å². The molecule has 1 aliphatic carbocycles. The molecule has 16 heavy (non-hydrogen) atoms. The van der Waals surface area contributed by atoms with Gasteiger partial charge in [0.25, 0.3) is 0 Å². The highest BCUT2D eigenvalue weighted by Gasteiger charge is 2.31. The Morgan fingerprint density at radius 3 is 2.38 bits per heavy atom. The van der Waals surface area contributed by atoms with Gasteiger partial charge >= 0.3 is 0 Å². The first-order valence-electron chi connectivity index (χ1n) is 6.76. The fraction of sp³-hybridized carbons (Fsp3) is 1.00. The van der Waals surface area contributed by atoms with E-state index in [1.807, 2.05) is 7.11 Å². The van der Waals surface area contributed by atoms with Crippen LogP contribution in [0.4, 0.5) is 0 Å². The molecule has 1 saturated heterocycles. The molecule has 94 valence electrons. The zero-order valence-electron chi connectivity index (χ0n) is 10.6. The standard InChI is InChI=1S/C13H26N2O/c1-16-12-5-9-15(10-6-12)11-13(14)7-3-2-4-8-13/h12H,2-11,14H2,1H3. The van der Waals surface area contributed by atoms with Gasteiger partial charge in [0.05, 0.1) is 6.10 Å². The van der Waals surface area contributed by atoms with Gasteiger partial charge in [-0.25, -0.2) is 0 Å². The maximum absolute atomic E-state index is 6.48. The Hall–Kier alpha value is -0.120. The number of likely N-dealkylation sites (tertiary alicyclic amines) is 1. The second-order valence-corrected chi connectivity index (χ2v) is 5.63. The Balaban J connectivity index is 1.77. The van der Waals surface area contributed by atoms with Crippen molar-refractivity contribution in [2.24, 2.45) is 5.73 Å². The minimum Gasteiger partial charge on any atom is -0.381 e. The maximum atomic E-state index is 6.48.